The Morgan fingerprint density at radius 1 is 1.57 bits per heavy atom. The number of carbonyl (C=O) groups excluding carboxylic acids is 1. The van der Waals surface area contributed by atoms with Gasteiger partial charge in [0.15, 0.2) is 0 Å². The molecule has 0 radical (unpaired) electrons. The maximum Gasteiger partial charge on any atom is 0.248 e. The second-order valence-electron chi connectivity index (χ2n) is 4.01. The lowest BCUT2D eigenvalue weighted by Crippen LogP contribution is -2.38. The molecule has 0 bridgehead atoms. The normalized spacial score (nSPS) is 20.2. The predicted molar refractivity (Wildman–Crippen MR) is 52.8 cm³/mol. The number of carbonyl (C=O) groups is 1. The average Bonchev–Trinajstić information content (AvgIpc) is 2.93. The first kappa shape index (κ1) is 11.5. The molecule has 0 heterocycles. The Kier molecular flexibility index (Phi) is 4.35. The van der Waals surface area contributed by atoms with E-state index in [1.807, 2.05) is 0 Å². The highest BCUT2D eigenvalue weighted by Crippen LogP contribution is 2.29. The molecule has 0 spiro atoms. The number of ether oxygens (including phenoxy) is 1. The van der Waals surface area contributed by atoms with E-state index in [1.54, 1.807) is 13.8 Å². The minimum absolute atomic E-state index is 0.147. The summed E-state index contributed by atoms with van der Waals surface area (Å²) in [7, 11) is 0. The molecule has 0 aromatic rings. The van der Waals surface area contributed by atoms with Crippen molar-refractivity contribution >= 4 is 5.91 Å². The second-order valence-corrected chi connectivity index (χ2v) is 4.01. The van der Waals surface area contributed by atoms with Gasteiger partial charge in [-0.25, -0.2) is 0 Å². The van der Waals surface area contributed by atoms with E-state index < -0.39 is 12.2 Å². The van der Waals surface area contributed by atoms with Crippen LogP contribution in [0.1, 0.15) is 26.7 Å². The van der Waals surface area contributed by atoms with Crippen molar-refractivity contribution in [3.63, 3.8) is 0 Å². The second kappa shape index (κ2) is 5.32. The van der Waals surface area contributed by atoms with Crippen LogP contribution >= 0.6 is 0 Å². The summed E-state index contributed by atoms with van der Waals surface area (Å²) in [6.07, 6.45) is 1.54. The Labute approximate surface area is 84.6 Å². The molecule has 1 rings (SSSR count). The van der Waals surface area contributed by atoms with Gasteiger partial charge in [0.25, 0.3) is 0 Å². The van der Waals surface area contributed by atoms with Gasteiger partial charge in [-0.05, 0) is 32.6 Å². The summed E-state index contributed by atoms with van der Waals surface area (Å²) in [6, 6.07) is 0. The van der Waals surface area contributed by atoms with Crippen molar-refractivity contribution in [3.8, 4) is 0 Å². The lowest BCUT2D eigenvalue weighted by Gasteiger charge is -2.13. The molecular weight excluding hydrogens is 182 g/mol. The van der Waals surface area contributed by atoms with Crippen LogP contribution in [0, 0.1) is 5.92 Å². The van der Waals surface area contributed by atoms with E-state index in [1.165, 1.54) is 12.8 Å². The van der Waals surface area contributed by atoms with Crippen molar-refractivity contribution in [2.75, 3.05) is 13.2 Å². The lowest BCUT2D eigenvalue weighted by molar-refractivity contribution is -0.132. The van der Waals surface area contributed by atoms with E-state index in [0.29, 0.717) is 12.5 Å². The van der Waals surface area contributed by atoms with Crippen molar-refractivity contribution in [3.05, 3.63) is 0 Å². The van der Waals surface area contributed by atoms with Crippen LogP contribution in [0.15, 0.2) is 0 Å². The lowest BCUT2D eigenvalue weighted by atomic mass is 10.3. The summed E-state index contributed by atoms with van der Waals surface area (Å²) in [5.41, 5.74) is 0. The summed E-state index contributed by atoms with van der Waals surface area (Å²) in [6.45, 7) is 4.34. The predicted octanol–water partition coefficient (Wildman–Crippen LogP) is 0.298. The molecule has 1 amide bonds. The smallest absolute Gasteiger partial charge is 0.248 e. The third-order valence-corrected chi connectivity index (χ3v) is 2.22. The van der Waals surface area contributed by atoms with Gasteiger partial charge in [-0.3, -0.25) is 4.79 Å². The standard InChI is InChI=1S/C10H19NO3/c1-7(12)5-11-10(13)8(2)14-6-9-3-4-9/h7-9,12H,3-6H2,1-2H3,(H,11,13). The molecule has 4 nitrogen and oxygen atoms in total. The summed E-state index contributed by atoms with van der Waals surface area (Å²) < 4.78 is 5.37. The molecule has 0 aromatic heterocycles. The third kappa shape index (κ3) is 4.58. The Balaban J connectivity index is 2.07. The molecule has 1 aliphatic rings. The van der Waals surface area contributed by atoms with E-state index in [4.69, 9.17) is 9.84 Å². The molecule has 2 N–H and O–H groups in total. The van der Waals surface area contributed by atoms with Crippen molar-refractivity contribution < 1.29 is 14.6 Å². The summed E-state index contributed by atoms with van der Waals surface area (Å²) in [5.74, 6) is 0.522. The first-order valence-electron chi connectivity index (χ1n) is 5.17. The first-order chi connectivity index (χ1) is 6.59. The molecule has 14 heavy (non-hydrogen) atoms. The van der Waals surface area contributed by atoms with Crippen LogP contribution in [-0.4, -0.2) is 36.4 Å². The van der Waals surface area contributed by atoms with Crippen LogP contribution in [0.4, 0.5) is 0 Å². The van der Waals surface area contributed by atoms with Crippen LogP contribution in [0.3, 0.4) is 0 Å². The van der Waals surface area contributed by atoms with E-state index in [-0.39, 0.29) is 12.5 Å². The molecule has 0 aromatic carbocycles. The fourth-order valence-electron chi connectivity index (χ4n) is 1.03. The fourth-order valence-corrected chi connectivity index (χ4v) is 1.03. The quantitative estimate of drug-likeness (QED) is 0.649. The van der Waals surface area contributed by atoms with E-state index in [2.05, 4.69) is 5.32 Å². The Hall–Kier alpha value is -0.610. The minimum atomic E-state index is -0.505. The highest BCUT2D eigenvalue weighted by Gasteiger charge is 2.23. The summed E-state index contributed by atoms with van der Waals surface area (Å²) in [4.78, 5) is 11.3. The van der Waals surface area contributed by atoms with Gasteiger partial charge in [0, 0.05) is 6.54 Å². The molecule has 82 valence electrons. The van der Waals surface area contributed by atoms with Gasteiger partial charge >= 0.3 is 0 Å². The average molecular weight is 201 g/mol. The topological polar surface area (TPSA) is 58.6 Å². The Morgan fingerprint density at radius 3 is 2.71 bits per heavy atom. The van der Waals surface area contributed by atoms with Crippen molar-refractivity contribution in [2.24, 2.45) is 5.92 Å². The molecule has 1 fully saturated rings. The molecule has 2 unspecified atom stereocenters. The largest absolute Gasteiger partial charge is 0.392 e. The molecular formula is C10H19NO3. The number of aliphatic hydroxyl groups excluding tert-OH is 1. The number of hydrogen-bond acceptors (Lipinski definition) is 3. The third-order valence-electron chi connectivity index (χ3n) is 2.22. The van der Waals surface area contributed by atoms with Gasteiger partial charge in [-0.15, -0.1) is 0 Å². The minimum Gasteiger partial charge on any atom is -0.392 e. The van der Waals surface area contributed by atoms with Crippen LogP contribution in [-0.2, 0) is 9.53 Å². The summed E-state index contributed by atoms with van der Waals surface area (Å²) in [5, 5.41) is 11.6. The highest BCUT2D eigenvalue weighted by atomic mass is 16.5. The van der Waals surface area contributed by atoms with Crippen LogP contribution in [0.2, 0.25) is 0 Å². The van der Waals surface area contributed by atoms with Crippen LogP contribution in [0.5, 0.6) is 0 Å². The van der Waals surface area contributed by atoms with Gasteiger partial charge in [0.1, 0.15) is 6.10 Å². The number of rotatable bonds is 6. The zero-order valence-electron chi connectivity index (χ0n) is 8.82. The zero-order valence-corrected chi connectivity index (χ0v) is 8.82. The summed E-state index contributed by atoms with van der Waals surface area (Å²) >= 11 is 0. The van der Waals surface area contributed by atoms with Crippen molar-refractivity contribution in [2.45, 2.75) is 38.9 Å². The van der Waals surface area contributed by atoms with E-state index in [9.17, 15) is 4.79 Å². The molecule has 0 aliphatic heterocycles. The number of nitrogens with one attached hydrogen (secondary N) is 1. The monoisotopic (exact) mass is 201 g/mol. The van der Waals surface area contributed by atoms with Crippen LogP contribution in [0.25, 0.3) is 0 Å². The van der Waals surface area contributed by atoms with E-state index >= 15 is 0 Å². The van der Waals surface area contributed by atoms with Crippen molar-refractivity contribution in [1.82, 2.24) is 5.32 Å². The van der Waals surface area contributed by atoms with Crippen LogP contribution < -0.4 is 5.32 Å². The molecule has 1 aliphatic carbocycles. The van der Waals surface area contributed by atoms with Gasteiger partial charge in [0.2, 0.25) is 5.91 Å². The number of amides is 1. The van der Waals surface area contributed by atoms with Crippen molar-refractivity contribution in [1.29, 1.82) is 0 Å². The van der Waals surface area contributed by atoms with Gasteiger partial charge in [0.05, 0.1) is 12.7 Å². The molecule has 1 saturated carbocycles. The molecule has 2 atom stereocenters. The number of hydrogen-bond donors (Lipinski definition) is 2. The van der Waals surface area contributed by atoms with E-state index in [0.717, 1.165) is 0 Å². The maximum atomic E-state index is 11.3. The van der Waals surface area contributed by atoms with Gasteiger partial charge in [-0.1, -0.05) is 0 Å². The van der Waals surface area contributed by atoms with Gasteiger partial charge < -0.3 is 15.2 Å². The Bertz CT molecular complexity index is 190. The first-order valence-corrected chi connectivity index (χ1v) is 5.17. The SMILES string of the molecule is CC(O)CNC(=O)C(C)OCC1CC1. The Morgan fingerprint density at radius 2 is 2.21 bits per heavy atom. The molecule has 4 heteroatoms. The highest BCUT2D eigenvalue weighted by molar-refractivity contribution is 5.80. The fraction of sp³-hybridized carbons (Fsp3) is 0.900. The maximum absolute atomic E-state index is 11.3. The molecule has 0 saturated heterocycles. The van der Waals surface area contributed by atoms with Gasteiger partial charge in [-0.2, -0.15) is 0 Å². The zero-order chi connectivity index (χ0) is 10.6. The number of aliphatic hydroxyl groups is 1.